The summed E-state index contributed by atoms with van der Waals surface area (Å²) < 4.78 is 5.43. The molecule has 0 aromatic heterocycles. The Morgan fingerprint density at radius 3 is 2.43 bits per heavy atom. The molecule has 2 aliphatic rings. The molecule has 4 heteroatoms. The minimum absolute atomic E-state index is 0.263. The molecule has 0 bridgehead atoms. The molecule has 0 saturated carbocycles. The van der Waals surface area contributed by atoms with E-state index in [0.29, 0.717) is 0 Å². The third kappa shape index (κ3) is 2.08. The minimum Gasteiger partial charge on any atom is -0.381 e. The van der Waals surface area contributed by atoms with Crippen LogP contribution in [0.3, 0.4) is 0 Å². The van der Waals surface area contributed by atoms with E-state index in [2.05, 4.69) is 16.7 Å². The van der Waals surface area contributed by atoms with Gasteiger partial charge in [-0.1, -0.05) is 0 Å². The number of nitrogens with two attached hydrogens (primary N) is 1. The molecule has 0 aromatic rings. The van der Waals surface area contributed by atoms with E-state index in [0.717, 1.165) is 32.6 Å². The number of nitrogens with zero attached hydrogens (tertiary/aromatic N) is 1. The normalized spacial score (nSPS) is 28.9. The zero-order chi connectivity index (χ0) is 9.86. The second-order valence-corrected chi connectivity index (χ2v) is 5.37. The van der Waals surface area contributed by atoms with Crippen molar-refractivity contribution in [2.75, 3.05) is 44.4 Å². The van der Waals surface area contributed by atoms with Gasteiger partial charge in [-0.15, -0.1) is 0 Å². The zero-order valence-corrected chi connectivity index (χ0v) is 9.52. The van der Waals surface area contributed by atoms with Crippen LogP contribution in [-0.4, -0.2) is 54.8 Å². The molecule has 0 aliphatic carbocycles. The highest BCUT2D eigenvalue weighted by atomic mass is 32.2. The lowest BCUT2D eigenvalue weighted by Gasteiger charge is -2.47. The number of ether oxygens (including phenoxy) is 1. The Kier molecular flexibility index (Phi) is 3.71. The summed E-state index contributed by atoms with van der Waals surface area (Å²) in [5.74, 6) is 2.53. The molecule has 0 spiro atoms. The smallest absolute Gasteiger partial charge is 0.0484 e. The van der Waals surface area contributed by atoms with Gasteiger partial charge >= 0.3 is 0 Å². The van der Waals surface area contributed by atoms with E-state index in [4.69, 9.17) is 10.5 Å². The van der Waals surface area contributed by atoms with Crippen molar-refractivity contribution in [3.63, 3.8) is 0 Å². The van der Waals surface area contributed by atoms with Crippen LogP contribution in [0.2, 0.25) is 0 Å². The van der Waals surface area contributed by atoms with Crippen molar-refractivity contribution >= 4 is 11.8 Å². The summed E-state index contributed by atoms with van der Waals surface area (Å²) in [5, 5.41) is 0. The third-order valence-electron chi connectivity index (χ3n) is 3.49. The maximum atomic E-state index is 5.97. The van der Waals surface area contributed by atoms with Crippen LogP contribution in [-0.2, 0) is 4.74 Å². The Morgan fingerprint density at radius 1 is 1.21 bits per heavy atom. The highest BCUT2D eigenvalue weighted by Crippen LogP contribution is 2.29. The fourth-order valence-corrected chi connectivity index (χ4v) is 3.34. The predicted octanol–water partition coefficient (Wildman–Crippen LogP) is 0.543. The fraction of sp³-hybridized carbons (Fsp3) is 1.00. The lowest BCUT2D eigenvalue weighted by atomic mass is 9.88. The van der Waals surface area contributed by atoms with E-state index >= 15 is 0 Å². The summed E-state index contributed by atoms with van der Waals surface area (Å²) >= 11 is 2.06. The summed E-state index contributed by atoms with van der Waals surface area (Å²) in [6, 6.07) is 0. The maximum absolute atomic E-state index is 5.97. The van der Waals surface area contributed by atoms with Crippen LogP contribution < -0.4 is 5.73 Å². The molecule has 3 nitrogen and oxygen atoms in total. The first-order valence-corrected chi connectivity index (χ1v) is 6.63. The highest BCUT2D eigenvalue weighted by molar-refractivity contribution is 7.99. The van der Waals surface area contributed by atoms with Gasteiger partial charge in [-0.05, 0) is 12.8 Å². The highest BCUT2D eigenvalue weighted by Gasteiger charge is 2.37. The van der Waals surface area contributed by atoms with Gasteiger partial charge in [-0.25, -0.2) is 0 Å². The number of hydrogen-bond donors (Lipinski definition) is 1. The van der Waals surface area contributed by atoms with Crippen molar-refractivity contribution in [1.29, 1.82) is 0 Å². The molecule has 2 heterocycles. The third-order valence-corrected chi connectivity index (χ3v) is 4.43. The van der Waals surface area contributed by atoms with E-state index in [1.165, 1.54) is 24.6 Å². The van der Waals surface area contributed by atoms with Crippen molar-refractivity contribution in [2.24, 2.45) is 5.73 Å². The first kappa shape index (κ1) is 10.7. The van der Waals surface area contributed by atoms with Crippen LogP contribution in [0.25, 0.3) is 0 Å². The Morgan fingerprint density at radius 2 is 1.86 bits per heavy atom. The molecule has 0 aromatic carbocycles. The standard InChI is InChI=1S/C10H20N2OS/c11-9-10(1-5-13-6-2-10)12-3-7-14-8-4-12/h1-9,11H2. The van der Waals surface area contributed by atoms with E-state index < -0.39 is 0 Å². The first-order valence-electron chi connectivity index (χ1n) is 5.48. The summed E-state index contributed by atoms with van der Waals surface area (Å²) in [7, 11) is 0. The van der Waals surface area contributed by atoms with Crippen molar-refractivity contribution in [1.82, 2.24) is 4.90 Å². The lowest BCUT2D eigenvalue weighted by molar-refractivity contribution is -0.0200. The number of thioether (sulfide) groups is 1. The van der Waals surface area contributed by atoms with Crippen LogP contribution in [0.1, 0.15) is 12.8 Å². The average Bonchev–Trinajstić information content (AvgIpc) is 2.31. The molecule has 14 heavy (non-hydrogen) atoms. The Hall–Kier alpha value is 0.230. The van der Waals surface area contributed by atoms with Gasteiger partial charge < -0.3 is 10.5 Å². The van der Waals surface area contributed by atoms with Gasteiger partial charge in [0.25, 0.3) is 0 Å². The quantitative estimate of drug-likeness (QED) is 0.731. The second-order valence-electron chi connectivity index (χ2n) is 4.14. The Bertz CT molecular complexity index is 177. The van der Waals surface area contributed by atoms with E-state index in [9.17, 15) is 0 Å². The fourth-order valence-electron chi connectivity index (χ4n) is 2.44. The maximum Gasteiger partial charge on any atom is 0.0484 e. The van der Waals surface area contributed by atoms with Gasteiger partial charge in [0.2, 0.25) is 0 Å². The molecule has 0 unspecified atom stereocenters. The van der Waals surface area contributed by atoms with Gasteiger partial charge in [0.15, 0.2) is 0 Å². The van der Waals surface area contributed by atoms with Gasteiger partial charge in [-0.2, -0.15) is 11.8 Å². The molecule has 0 radical (unpaired) electrons. The second kappa shape index (κ2) is 4.84. The van der Waals surface area contributed by atoms with Gasteiger partial charge in [0.1, 0.15) is 0 Å². The largest absolute Gasteiger partial charge is 0.381 e. The molecular weight excluding hydrogens is 196 g/mol. The first-order chi connectivity index (χ1) is 6.87. The monoisotopic (exact) mass is 216 g/mol. The molecule has 2 N–H and O–H groups in total. The summed E-state index contributed by atoms with van der Waals surface area (Å²) in [4.78, 5) is 2.60. The summed E-state index contributed by atoms with van der Waals surface area (Å²) in [5.41, 5.74) is 6.23. The minimum atomic E-state index is 0.263. The molecule has 82 valence electrons. The molecule has 0 atom stereocenters. The number of hydrogen-bond acceptors (Lipinski definition) is 4. The predicted molar refractivity (Wildman–Crippen MR) is 60.7 cm³/mol. The van der Waals surface area contributed by atoms with Crippen LogP contribution in [0.15, 0.2) is 0 Å². The van der Waals surface area contributed by atoms with E-state index in [1.54, 1.807) is 0 Å². The van der Waals surface area contributed by atoms with Crippen molar-refractivity contribution < 1.29 is 4.74 Å². The SMILES string of the molecule is NCC1(N2CCSCC2)CCOCC1. The molecule has 0 amide bonds. The molecule has 2 aliphatic heterocycles. The van der Waals surface area contributed by atoms with E-state index in [1.807, 2.05) is 0 Å². The van der Waals surface area contributed by atoms with Crippen LogP contribution >= 0.6 is 11.8 Å². The van der Waals surface area contributed by atoms with Crippen LogP contribution in [0.4, 0.5) is 0 Å². The van der Waals surface area contributed by atoms with Gasteiger partial charge in [0.05, 0.1) is 0 Å². The average molecular weight is 216 g/mol. The van der Waals surface area contributed by atoms with Crippen molar-refractivity contribution in [2.45, 2.75) is 18.4 Å². The van der Waals surface area contributed by atoms with Crippen LogP contribution in [0, 0.1) is 0 Å². The number of rotatable bonds is 2. The zero-order valence-electron chi connectivity index (χ0n) is 8.71. The van der Waals surface area contributed by atoms with E-state index in [-0.39, 0.29) is 5.54 Å². The lowest BCUT2D eigenvalue weighted by Crippen LogP contribution is -2.59. The Labute approximate surface area is 90.3 Å². The topological polar surface area (TPSA) is 38.5 Å². The van der Waals surface area contributed by atoms with Crippen molar-refractivity contribution in [3.05, 3.63) is 0 Å². The van der Waals surface area contributed by atoms with Crippen molar-refractivity contribution in [3.8, 4) is 0 Å². The molecular formula is C10H20N2OS. The molecule has 2 rings (SSSR count). The van der Waals surface area contributed by atoms with Gasteiger partial charge in [0, 0.05) is 49.9 Å². The summed E-state index contributed by atoms with van der Waals surface area (Å²) in [6.45, 7) is 4.99. The molecule has 2 saturated heterocycles. The van der Waals surface area contributed by atoms with Gasteiger partial charge in [-0.3, -0.25) is 4.90 Å². The van der Waals surface area contributed by atoms with Crippen LogP contribution in [0.5, 0.6) is 0 Å². The summed E-state index contributed by atoms with van der Waals surface area (Å²) in [6.07, 6.45) is 2.24. The molecule has 2 fully saturated rings. The Balaban J connectivity index is 2.01.